The van der Waals surface area contributed by atoms with Crippen LogP contribution in [0.2, 0.25) is 0 Å². The molecule has 0 fully saturated rings. The molecule has 6 heteroatoms. The van der Waals surface area contributed by atoms with Crippen LogP contribution in [0.25, 0.3) is 10.8 Å². The Kier molecular flexibility index (Phi) is 5.56. The van der Waals surface area contributed by atoms with Gasteiger partial charge < -0.3 is 14.6 Å². The molecule has 0 unspecified atom stereocenters. The molecule has 1 amide bonds. The van der Waals surface area contributed by atoms with Crippen molar-refractivity contribution in [1.82, 2.24) is 5.43 Å². The minimum atomic E-state index is -0.398. The predicted molar refractivity (Wildman–Crippen MR) is 104 cm³/mol. The molecule has 0 aliphatic carbocycles. The van der Waals surface area contributed by atoms with E-state index in [4.69, 9.17) is 9.47 Å². The predicted octanol–water partition coefficient (Wildman–Crippen LogP) is 3.47. The number of rotatable bonds is 6. The van der Waals surface area contributed by atoms with Crippen molar-refractivity contribution in [2.24, 2.45) is 5.10 Å². The monoisotopic (exact) mass is 364 g/mol. The molecule has 0 radical (unpaired) electrons. The Labute approximate surface area is 157 Å². The molecular formula is C21H20N2O4. The zero-order valence-corrected chi connectivity index (χ0v) is 15.1. The topological polar surface area (TPSA) is 80.2 Å². The Morgan fingerprint density at radius 3 is 2.48 bits per heavy atom. The molecule has 2 N–H and O–H groups in total. The van der Waals surface area contributed by atoms with E-state index in [1.165, 1.54) is 0 Å². The number of aromatic hydroxyl groups is 1. The first kappa shape index (κ1) is 18.3. The van der Waals surface area contributed by atoms with Crippen LogP contribution in [0.4, 0.5) is 0 Å². The largest absolute Gasteiger partial charge is 0.507 e. The van der Waals surface area contributed by atoms with E-state index in [0.29, 0.717) is 22.8 Å². The van der Waals surface area contributed by atoms with Gasteiger partial charge in [-0.3, -0.25) is 4.79 Å². The molecule has 0 aliphatic heterocycles. The number of fused-ring (bicyclic) bond motifs is 1. The molecule has 0 saturated carbocycles. The number of methoxy groups -OCH3 is 1. The molecule has 3 aromatic rings. The first-order valence-corrected chi connectivity index (χ1v) is 8.39. The smallest absolute Gasteiger partial charge is 0.277 e. The summed E-state index contributed by atoms with van der Waals surface area (Å²) >= 11 is 0. The van der Waals surface area contributed by atoms with E-state index in [1.807, 2.05) is 30.3 Å². The van der Waals surface area contributed by atoms with Crippen LogP contribution in [0.3, 0.4) is 0 Å². The van der Waals surface area contributed by atoms with Crippen molar-refractivity contribution in [2.75, 3.05) is 13.7 Å². The number of amides is 1. The number of hydrogen-bond donors (Lipinski definition) is 2. The number of carbonyl (C=O) groups is 1. The molecule has 0 spiro atoms. The summed E-state index contributed by atoms with van der Waals surface area (Å²) < 4.78 is 10.5. The Bertz CT molecular complexity index is 981. The number of benzene rings is 3. The minimum Gasteiger partial charge on any atom is -0.507 e. The fraction of sp³-hybridized carbons (Fsp3) is 0.143. The van der Waals surface area contributed by atoms with Gasteiger partial charge in [0, 0.05) is 10.9 Å². The lowest BCUT2D eigenvalue weighted by molar-refractivity contribution is -0.123. The maximum absolute atomic E-state index is 11.9. The van der Waals surface area contributed by atoms with Gasteiger partial charge in [-0.2, -0.15) is 5.10 Å². The molecule has 0 bridgehead atoms. The van der Waals surface area contributed by atoms with E-state index in [-0.39, 0.29) is 12.4 Å². The Balaban J connectivity index is 1.62. The van der Waals surface area contributed by atoms with Crippen LogP contribution in [-0.4, -0.2) is 30.4 Å². The number of ether oxygens (including phenoxy) is 2. The summed E-state index contributed by atoms with van der Waals surface area (Å²) in [5.41, 5.74) is 3.49. The average molecular weight is 364 g/mol. The Hall–Kier alpha value is -3.54. The maximum atomic E-state index is 11.9. The third-order valence-electron chi connectivity index (χ3n) is 4.07. The van der Waals surface area contributed by atoms with Crippen molar-refractivity contribution < 1.29 is 19.4 Å². The van der Waals surface area contributed by atoms with Crippen LogP contribution < -0.4 is 14.9 Å². The second-order valence-electron chi connectivity index (χ2n) is 5.88. The zero-order valence-electron chi connectivity index (χ0n) is 15.1. The molecule has 0 heterocycles. The number of phenols is 1. The second kappa shape index (κ2) is 8.23. The van der Waals surface area contributed by atoms with Gasteiger partial charge in [0.15, 0.2) is 6.61 Å². The third kappa shape index (κ3) is 4.36. The summed E-state index contributed by atoms with van der Waals surface area (Å²) in [6.45, 7) is 1.54. The van der Waals surface area contributed by atoms with Crippen LogP contribution in [0.5, 0.6) is 17.2 Å². The highest BCUT2D eigenvalue weighted by atomic mass is 16.5. The average Bonchev–Trinajstić information content (AvgIpc) is 2.71. The van der Waals surface area contributed by atoms with Crippen LogP contribution in [-0.2, 0) is 4.79 Å². The van der Waals surface area contributed by atoms with Gasteiger partial charge in [-0.05, 0) is 42.6 Å². The minimum absolute atomic E-state index is 0.137. The SMILES string of the molecule is COc1ccc(OCC(=O)N/N=C(\C)c2ccc3ccccc3c2O)cc1. The van der Waals surface area contributed by atoms with E-state index < -0.39 is 5.91 Å². The number of nitrogens with one attached hydrogen (secondary N) is 1. The fourth-order valence-electron chi connectivity index (χ4n) is 2.61. The lowest BCUT2D eigenvalue weighted by Gasteiger charge is -2.09. The lowest BCUT2D eigenvalue weighted by atomic mass is 10.0. The van der Waals surface area contributed by atoms with E-state index in [1.54, 1.807) is 44.4 Å². The van der Waals surface area contributed by atoms with Gasteiger partial charge in [0.2, 0.25) is 0 Å². The standard InChI is InChI=1S/C21H20N2O4/c1-14(18-12-7-15-5-3-4-6-19(15)21(18)25)22-23-20(24)13-27-17-10-8-16(26-2)9-11-17/h3-12,25H,13H2,1-2H3,(H,23,24)/b22-14+. The zero-order chi connectivity index (χ0) is 19.2. The van der Waals surface area contributed by atoms with Gasteiger partial charge in [-0.25, -0.2) is 5.43 Å². The number of nitrogens with zero attached hydrogens (tertiary/aromatic N) is 1. The highest BCUT2D eigenvalue weighted by Gasteiger charge is 2.09. The summed E-state index contributed by atoms with van der Waals surface area (Å²) in [7, 11) is 1.58. The van der Waals surface area contributed by atoms with Gasteiger partial charge in [-0.15, -0.1) is 0 Å². The Morgan fingerprint density at radius 1 is 1.04 bits per heavy atom. The fourth-order valence-corrected chi connectivity index (χ4v) is 2.61. The molecule has 3 aromatic carbocycles. The third-order valence-corrected chi connectivity index (χ3v) is 4.07. The molecule has 0 aliphatic rings. The number of hydrogen-bond acceptors (Lipinski definition) is 5. The van der Waals surface area contributed by atoms with Crippen LogP contribution >= 0.6 is 0 Å². The first-order valence-electron chi connectivity index (χ1n) is 8.39. The van der Waals surface area contributed by atoms with Crippen molar-refractivity contribution in [2.45, 2.75) is 6.92 Å². The highest BCUT2D eigenvalue weighted by molar-refractivity contribution is 6.06. The van der Waals surface area contributed by atoms with Crippen molar-refractivity contribution in [3.05, 3.63) is 66.2 Å². The van der Waals surface area contributed by atoms with E-state index in [0.717, 1.165) is 10.8 Å². The van der Waals surface area contributed by atoms with Gasteiger partial charge in [0.1, 0.15) is 17.2 Å². The Morgan fingerprint density at radius 2 is 1.74 bits per heavy atom. The quantitative estimate of drug-likeness (QED) is 0.518. The highest BCUT2D eigenvalue weighted by Crippen LogP contribution is 2.28. The van der Waals surface area contributed by atoms with Crippen molar-refractivity contribution in [3.63, 3.8) is 0 Å². The summed E-state index contributed by atoms with van der Waals surface area (Å²) in [4.78, 5) is 11.9. The van der Waals surface area contributed by atoms with Gasteiger partial charge >= 0.3 is 0 Å². The second-order valence-corrected chi connectivity index (χ2v) is 5.88. The van der Waals surface area contributed by atoms with Crippen LogP contribution in [0.15, 0.2) is 65.8 Å². The molecule has 0 saturated heterocycles. The first-order chi connectivity index (χ1) is 13.1. The van der Waals surface area contributed by atoms with Crippen molar-refractivity contribution in [1.29, 1.82) is 0 Å². The molecule has 138 valence electrons. The molecule has 6 nitrogen and oxygen atoms in total. The lowest BCUT2D eigenvalue weighted by Crippen LogP contribution is -2.25. The summed E-state index contributed by atoms with van der Waals surface area (Å²) in [5.74, 6) is 1.00. The van der Waals surface area contributed by atoms with Crippen LogP contribution in [0, 0.1) is 0 Å². The molecule has 0 aromatic heterocycles. The summed E-state index contributed by atoms with van der Waals surface area (Å²) in [6.07, 6.45) is 0. The molecular weight excluding hydrogens is 344 g/mol. The van der Waals surface area contributed by atoms with Crippen molar-refractivity contribution >= 4 is 22.4 Å². The van der Waals surface area contributed by atoms with Crippen LogP contribution in [0.1, 0.15) is 12.5 Å². The molecule has 27 heavy (non-hydrogen) atoms. The van der Waals surface area contributed by atoms with Crippen molar-refractivity contribution in [3.8, 4) is 17.2 Å². The maximum Gasteiger partial charge on any atom is 0.277 e. The normalized spacial score (nSPS) is 11.3. The number of hydrazone groups is 1. The molecule has 0 atom stereocenters. The summed E-state index contributed by atoms with van der Waals surface area (Å²) in [5, 5.41) is 16.2. The van der Waals surface area contributed by atoms with Gasteiger partial charge in [0.05, 0.1) is 12.8 Å². The van der Waals surface area contributed by atoms with E-state index in [2.05, 4.69) is 10.5 Å². The summed E-state index contributed by atoms with van der Waals surface area (Å²) in [6, 6.07) is 18.1. The van der Waals surface area contributed by atoms with Gasteiger partial charge in [0.25, 0.3) is 5.91 Å². The molecule has 3 rings (SSSR count). The van der Waals surface area contributed by atoms with E-state index in [9.17, 15) is 9.90 Å². The number of carbonyl (C=O) groups excluding carboxylic acids is 1. The van der Waals surface area contributed by atoms with E-state index >= 15 is 0 Å². The number of phenolic OH excluding ortho intramolecular Hbond substituents is 1. The van der Waals surface area contributed by atoms with Gasteiger partial charge in [-0.1, -0.05) is 30.3 Å².